The number of aromatic nitrogens is 2. The number of nitrogens with zero attached hydrogens (tertiary/aromatic N) is 1. The summed E-state index contributed by atoms with van der Waals surface area (Å²) in [4.78, 5) is 19.1. The number of imidazole rings is 1. The summed E-state index contributed by atoms with van der Waals surface area (Å²) in [6, 6.07) is 12.5. The van der Waals surface area contributed by atoms with Gasteiger partial charge in [0.25, 0.3) is 0 Å². The Morgan fingerprint density at radius 1 is 1.20 bits per heavy atom. The number of aliphatic hydroxyl groups excluding tert-OH is 1. The fraction of sp³-hybridized carbons (Fsp3) is 0.0667. The molecule has 0 fully saturated rings. The van der Waals surface area contributed by atoms with Crippen LogP contribution in [0.5, 0.6) is 0 Å². The number of aromatic amines is 1. The number of hydrogen-bond donors (Lipinski definition) is 2. The Hall–Kier alpha value is -2.17. The molecule has 0 unspecified atom stereocenters. The predicted octanol–water partition coefficient (Wildman–Crippen LogP) is 3.06. The molecular weight excluding hydrogens is 276 g/mol. The summed E-state index contributed by atoms with van der Waals surface area (Å²) in [5.41, 5.74) is 2.91. The Bertz CT molecular complexity index is 778. The first-order valence-corrected chi connectivity index (χ1v) is 6.45. The minimum Gasteiger partial charge on any atom is -0.388 e. The molecule has 0 bridgehead atoms. The zero-order chi connectivity index (χ0) is 14.1. The number of fused-ring (bicyclic) bond motifs is 1. The number of carbonyl (C=O) groups excluding carboxylic acids is 1. The van der Waals surface area contributed by atoms with Gasteiger partial charge < -0.3 is 10.1 Å². The second-order valence-electron chi connectivity index (χ2n) is 4.41. The lowest BCUT2D eigenvalue weighted by molar-refractivity contribution is 0.0904. The van der Waals surface area contributed by atoms with Crippen molar-refractivity contribution in [2.24, 2.45) is 0 Å². The summed E-state index contributed by atoms with van der Waals surface area (Å²) in [6.45, 7) is -0.496. The Labute approximate surface area is 120 Å². The number of ketones is 1. The third-order valence-corrected chi connectivity index (χ3v) is 3.32. The Morgan fingerprint density at radius 2 is 1.95 bits per heavy atom. The first-order valence-electron chi connectivity index (χ1n) is 6.07. The van der Waals surface area contributed by atoms with E-state index in [1.807, 2.05) is 12.1 Å². The van der Waals surface area contributed by atoms with Gasteiger partial charge in [-0.1, -0.05) is 11.6 Å². The lowest BCUT2D eigenvalue weighted by atomic mass is 10.1. The zero-order valence-electron chi connectivity index (χ0n) is 10.4. The molecule has 0 aliphatic carbocycles. The zero-order valence-corrected chi connectivity index (χ0v) is 11.2. The van der Waals surface area contributed by atoms with Crippen LogP contribution in [0, 0.1) is 0 Å². The van der Waals surface area contributed by atoms with Crippen LogP contribution in [0.1, 0.15) is 10.4 Å². The normalized spacial score (nSPS) is 10.9. The van der Waals surface area contributed by atoms with Gasteiger partial charge in [-0.05, 0) is 42.5 Å². The Balaban J connectivity index is 2.06. The number of hydrogen-bond acceptors (Lipinski definition) is 3. The third kappa shape index (κ3) is 2.31. The number of halogens is 1. The number of Topliss-reactive ketones (excluding diaryl/α,β-unsaturated/α-hetero) is 1. The average Bonchev–Trinajstić information content (AvgIpc) is 2.90. The molecule has 5 heteroatoms. The highest BCUT2D eigenvalue weighted by molar-refractivity contribution is 6.30. The SMILES string of the molecule is O=C(CO)c1ccc2nc(-c3ccc(Cl)cc3)[nH]c2c1. The lowest BCUT2D eigenvalue weighted by Gasteiger charge is -1.96. The summed E-state index contributed by atoms with van der Waals surface area (Å²) < 4.78 is 0. The van der Waals surface area contributed by atoms with Crippen LogP contribution in [0.25, 0.3) is 22.4 Å². The van der Waals surface area contributed by atoms with Crippen molar-refractivity contribution in [3.8, 4) is 11.4 Å². The molecular formula is C15H11ClN2O2. The Morgan fingerprint density at radius 3 is 2.65 bits per heavy atom. The number of carbonyl (C=O) groups is 1. The molecule has 1 heterocycles. The van der Waals surface area contributed by atoms with E-state index in [1.165, 1.54) is 0 Å². The molecule has 2 N–H and O–H groups in total. The highest BCUT2D eigenvalue weighted by Gasteiger charge is 2.09. The molecule has 1 aromatic heterocycles. The van der Waals surface area contributed by atoms with Gasteiger partial charge in [-0.2, -0.15) is 0 Å². The van der Waals surface area contributed by atoms with Crippen molar-refractivity contribution in [2.45, 2.75) is 0 Å². The number of aliphatic hydroxyl groups is 1. The second-order valence-corrected chi connectivity index (χ2v) is 4.84. The molecule has 20 heavy (non-hydrogen) atoms. The van der Waals surface area contributed by atoms with E-state index in [9.17, 15) is 4.79 Å². The maximum absolute atomic E-state index is 11.5. The van der Waals surface area contributed by atoms with Crippen molar-refractivity contribution in [2.75, 3.05) is 6.61 Å². The first-order chi connectivity index (χ1) is 9.67. The molecule has 3 aromatic rings. The molecule has 0 atom stereocenters. The molecule has 3 rings (SSSR count). The molecule has 0 radical (unpaired) electrons. The van der Waals surface area contributed by atoms with Gasteiger partial charge >= 0.3 is 0 Å². The van der Waals surface area contributed by atoms with Crippen molar-refractivity contribution >= 4 is 28.4 Å². The van der Waals surface area contributed by atoms with Crippen molar-refractivity contribution in [1.29, 1.82) is 0 Å². The van der Waals surface area contributed by atoms with Crippen molar-refractivity contribution in [3.05, 3.63) is 53.1 Å². The lowest BCUT2D eigenvalue weighted by Crippen LogP contribution is -2.03. The van der Waals surface area contributed by atoms with Gasteiger partial charge in [-0.15, -0.1) is 0 Å². The van der Waals surface area contributed by atoms with Crippen LogP contribution in [0.4, 0.5) is 0 Å². The van der Waals surface area contributed by atoms with Crippen LogP contribution in [0.2, 0.25) is 5.02 Å². The van der Waals surface area contributed by atoms with E-state index in [0.29, 0.717) is 16.4 Å². The van der Waals surface area contributed by atoms with Gasteiger partial charge in [-0.25, -0.2) is 4.98 Å². The maximum atomic E-state index is 11.5. The number of nitrogens with one attached hydrogen (secondary N) is 1. The molecule has 0 aliphatic rings. The van der Waals surface area contributed by atoms with Gasteiger partial charge in [0.05, 0.1) is 11.0 Å². The van der Waals surface area contributed by atoms with Crippen molar-refractivity contribution < 1.29 is 9.90 Å². The highest BCUT2D eigenvalue weighted by Crippen LogP contribution is 2.22. The van der Waals surface area contributed by atoms with E-state index in [4.69, 9.17) is 16.7 Å². The van der Waals surface area contributed by atoms with Gasteiger partial charge in [-0.3, -0.25) is 4.79 Å². The van der Waals surface area contributed by atoms with E-state index in [0.717, 1.165) is 16.6 Å². The topological polar surface area (TPSA) is 66.0 Å². The van der Waals surface area contributed by atoms with E-state index < -0.39 is 6.61 Å². The predicted molar refractivity (Wildman–Crippen MR) is 78.0 cm³/mol. The standard InChI is InChI=1S/C15H11ClN2O2/c16-11-4-1-9(2-5-11)15-17-12-6-3-10(14(20)8-19)7-13(12)18-15/h1-7,19H,8H2,(H,17,18). The average molecular weight is 287 g/mol. The van der Waals surface area contributed by atoms with Crippen molar-refractivity contribution in [3.63, 3.8) is 0 Å². The van der Waals surface area contributed by atoms with E-state index in [1.54, 1.807) is 30.3 Å². The van der Waals surface area contributed by atoms with E-state index in [-0.39, 0.29) is 5.78 Å². The largest absolute Gasteiger partial charge is 0.388 e. The summed E-state index contributed by atoms with van der Waals surface area (Å²) >= 11 is 5.86. The minimum absolute atomic E-state index is 0.311. The van der Waals surface area contributed by atoms with Crippen LogP contribution in [-0.2, 0) is 0 Å². The number of H-pyrrole nitrogens is 1. The molecule has 2 aromatic carbocycles. The second kappa shape index (κ2) is 5.07. The van der Waals surface area contributed by atoms with Crippen LogP contribution >= 0.6 is 11.6 Å². The number of rotatable bonds is 3. The van der Waals surface area contributed by atoms with E-state index >= 15 is 0 Å². The van der Waals surface area contributed by atoms with E-state index in [2.05, 4.69) is 9.97 Å². The van der Waals surface area contributed by atoms with Crippen LogP contribution in [0.3, 0.4) is 0 Å². The number of benzene rings is 2. The quantitative estimate of drug-likeness (QED) is 0.727. The van der Waals surface area contributed by atoms with Crippen LogP contribution in [0.15, 0.2) is 42.5 Å². The van der Waals surface area contributed by atoms with Gasteiger partial charge in [0, 0.05) is 16.1 Å². The fourth-order valence-electron chi connectivity index (χ4n) is 2.02. The third-order valence-electron chi connectivity index (χ3n) is 3.07. The molecule has 100 valence electrons. The van der Waals surface area contributed by atoms with Gasteiger partial charge in [0.2, 0.25) is 0 Å². The summed E-state index contributed by atoms with van der Waals surface area (Å²) in [5, 5.41) is 9.55. The summed E-state index contributed by atoms with van der Waals surface area (Å²) in [7, 11) is 0. The monoisotopic (exact) mass is 286 g/mol. The molecule has 0 saturated carbocycles. The summed E-state index contributed by atoms with van der Waals surface area (Å²) in [5.74, 6) is 0.403. The smallest absolute Gasteiger partial charge is 0.188 e. The summed E-state index contributed by atoms with van der Waals surface area (Å²) in [6.07, 6.45) is 0. The molecule has 0 spiro atoms. The first kappa shape index (κ1) is 12.8. The van der Waals surface area contributed by atoms with Gasteiger partial charge in [0.1, 0.15) is 12.4 Å². The van der Waals surface area contributed by atoms with Crippen LogP contribution in [-0.4, -0.2) is 27.5 Å². The molecule has 0 saturated heterocycles. The van der Waals surface area contributed by atoms with Gasteiger partial charge in [0.15, 0.2) is 5.78 Å². The highest BCUT2D eigenvalue weighted by atomic mass is 35.5. The Kier molecular flexibility index (Phi) is 3.26. The molecule has 0 amide bonds. The minimum atomic E-state index is -0.496. The molecule has 0 aliphatic heterocycles. The maximum Gasteiger partial charge on any atom is 0.188 e. The molecule has 4 nitrogen and oxygen atoms in total. The van der Waals surface area contributed by atoms with Crippen LogP contribution < -0.4 is 0 Å². The van der Waals surface area contributed by atoms with Crippen molar-refractivity contribution in [1.82, 2.24) is 9.97 Å². The fourth-order valence-corrected chi connectivity index (χ4v) is 2.14.